The average molecular weight is 394 g/mol. The Hall–Kier alpha value is -3.28. The van der Waals surface area contributed by atoms with Gasteiger partial charge in [-0.15, -0.1) is 11.3 Å². The van der Waals surface area contributed by atoms with E-state index in [-0.39, 0.29) is 0 Å². The summed E-state index contributed by atoms with van der Waals surface area (Å²) in [5.41, 5.74) is 7.63. The number of nitriles is 1. The van der Waals surface area contributed by atoms with E-state index in [0.717, 1.165) is 10.2 Å². The van der Waals surface area contributed by atoms with E-state index in [2.05, 4.69) is 31.3 Å². The Kier molecular flexibility index (Phi) is 4.32. The van der Waals surface area contributed by atoms with E-state index in [1.807, 2.05) is 6.07 Å². The Morgan fingerprint density at radius 3 is 2.85 bits per heavy atom. The van der Waals surface area contributed by atoms with Crippen LogP contribution in [0.4, 0.5) is 17.5 Å². The molecule has 0 spiro atoms. The van der Waals surface area contributed by atoms with Gasteiger partial charge in [-0.25, -0.2) is 19.9 Å². The molecule has 1 aromatic carbocycles. The highest BCUT2D eigenvalue weighted by Crippen LogP contribution is 2.38. The number of benzene rings is 1. The van der Waals surface area contributed by atoms with Crippen molar-refractivity contribution in [2.45, 2.75) is 6.92 Å². The fourth-order valence-corrected chi connectivity index (χ4v) is 4.06. The van der Waals surface area contributed by atoms with Crippen molar-refractivity contribution in [3.63, 3.8) is 0 Å². The van der Waals surface area contributed by atoms with Crippen LogP contribution in [0.3, 0.4) is 0 Å². The number of nitrogen functional groups attached to an aromatic ring is 1. The first-order valence-electron chi connectivity index (χ1n) is 7.88. The molecular weight excluding hydrogens is 382 g/mol. The summed E-state index contributed by atoms with van der Waals surface area (Å²) in [6, 6.07) is 10.8. The van der Waals surface area contributed by atoms with Crippen LogP contribution in [0.1, 0.15) is 11.4 Å². The lowest BCUT2D eigenvalue weighted by atomic mass is 10.1. The highest BCUT2D eigenvalue weighted by molar-refractivity contribution is 7.22. The number of aromatic nitrogens is 4. The second-order valence-electron chi connectivity index (χ2n) is 5.65. The maximum Gasteiger partial charge on any atom is 0.151 e. The number of rotatable bonds is 3. The Morgan fingerprint density at radius 2 is 2.07 bits per heavy atom. The molecule has 27 heavy (non-hydrogen) atoms. The molecule has 0 saturated heterocycles. The van der Waals surface area contributed by atoms with Crippen molar-refractivity contribution in [2.75, 3.05) is 11.1 Å². The maximum atomic E-state index is 9.40. The minimum atomic E-state index is 0.372. The Balaban J connectivity index is 1.83. The van der Waals surface area contributed by atoms with Gasteiger partial charge < -0.3 is 11.1 Å². The van der Waals surface area contributed by atoms with Crippen LogP contribution in [0.2, 0.25) is 5.02 Å². The molecule has 7 nitrogen and oxygen atoms in total. The zero-order valence-corrected chi connectivity index (χ0v) is 15.6. The van der Waals surface area contributed by atoms with Gasteiger partial charge in [-0.1, -0.05) is 17.7 Å². The summed E-state index contributed by atoms with van der Waals surface area (Å²) in [5.74, 6) is 2.08. The number of nitrogens with one attached hydrogen (secondary N) is 1. The van der Waals surface area contributed by atoms with Crippen molar-refractivity contribution in [3.05, 3.63) is 52.9 Å². The second kappa shape index (κ2) is 6.79. The first-order chi connectivity index (χ1) is 13.0. The van der Waals surface area contributed by atoms with Crippen molar-refractivity contribution in [2.24, 2.45) is 0 Å². The van der Waals surface area contributed by atoms with Crippen molar-refractivity contribution >= 4 is 50.6 Å². The Morgan fingerprint density at radius 1 is 1.22 bits per heavy atom. The largest absolute Gasteiger partial charge is 0.384 e. The molecule has 0 radical (unpaired) electrons. The molecule has 132 valence electrons. The number of thiazole rings is 1. The van der Waals surface area contributed by atoms with E-state index in [1.54, 1.807) is 37.4 Å². The van der Waals surface area contributed by atoms with Gasteiger partial charge in [0.1, 0.15) is 22.5 Å². The van der Waals surface area contributed by atoms with Gasteiger partial charge in [-0.2, -0.15) is 5.26 Å². The molecule has 0 bridgehead atoms. The molecule has 0 aliphatic rings. The van der Waals surface area contributed by atoms with Gasteiger partial charge in [-0.3, -0.25) is 0 Å². The molecule has 3 aromatic heterocycles. The summed E-state index contributed by atoms with van der Waals surface area (Å²) < 4.78 is 0.825. The van der Waals surface area contributed by atoms with Crippen molar-refractivity contribution in [1.82, 2.24) is 19.9 Å². The van der Waals surface area contributed by atoms with Crippen LogP contribution in [0.5, 0.6) is 0 Å². The Bertz CT molecular complexity index is 1190. The third-order valence-corrected chi connectivity index (χ3v) is 5.17. The molecule has 0 amide bonds. The fraction of sp³-hybridized carbons (Fsp3) is 0.0556. The molecule has 9 heteroatoms. The van der Waals surface area contributed by atoms with Gasteiger partial charge in [0.05, 0.1) is 26.9 Å². The highest BCUT2D eigenvalue weighted by atomic mass is 35.5. The Labute approximate surface area is 163 Å². The average Bonchev–Trinajstić information content (AvgIpc) is 3.05. The van der Waals surface area contributed by atoms with Crippen LogP contribution >= 0.6 is 22.9 Å². The van der Waals surface area contributed by atoms with Gasteiger partial charge in [0, 0.05) is 17.8 Å². The molecular formula is C18H12ClN7S. The van der Waals surface area contributed by atoms with Crippen LogP contribution < -0.4 is 11.1 Å². The smallest absolute Gasteiger partial charge is 0.151 e. The number of nitrogens with two attached hydrogens (primary N) is 1. The molecule has 0 aliphatic heterocycles. The monoisotopic (exact) mass is 393 g/mol. The van der Waals surface area contributed by atoms with Gasteiger partial charge >= 0.3 is 0 Å². The van der Waals surface area contributed by atoms with Gasteiger partial charge in [0.2, 0.25) is 0 Å². The predicted molar refractivity (Wildman–Crippen MR) is 107 cm³/mol. The SMILES string of the molecule is Cc1nc(N)cc(Nc2nccc3nc(-c4c(Cl)cccc4C#N)sc23)n1. The number of anilines is 3. The third-order valence-electron chi connectivity index (χ3n) is 3.76. The zero-order valence-electron chi connectivity index (χ0n) is 14.1. The van der Waals surface area contributed by atoms with Gasteiger partial charge in [0.15, 0.2) is 5.82 Å². The molecule has 0 unspecified atom stereocenters. The van der Waals surface area contributed by atoms with Crippen LogP contribution in [-0.2, 0) is 0 Å². The molecule has 0 aliphatic carbocycles. The lowest BCUT2D eigenvalue weighted by Gasteiger charge is -2.06. The molecule has 4 rings (SSSR count). The predicted octanol–water partition coefficient (Wildman–Crippen LogP) is 4.31. The number of nitrogens with zero attached hydrogens (tertiary/aromatic N) is 5. The normalized spacial score (nSPS) is 10.7. The first-order valence-corrected chi connectivity index (χ1v) is 9.07. The molecule has 0 saturated carbocycles. The van der Waals surface area contributed by atoms with Crippen molar-refractivity contribution in [3.8, 4) is 16.6 Å². The summed E-state index contributed by atoms with van der Waals surface area (Å²) >= 11 is 7.73. The number of hydrogen-bond donors (Lipinski definition) is 2. The van der Waals surface area contributed by atoms with Crippen LogP contribution in [0.25, 0.3) is 20.8 Å². The topological polar surface area (TPSA) is 113 Å². The van der Waals surface area contributed by atoms with E-state index in [9.17, 15) is 5.26 Å². The van der Waals surface area contributed by atoms with E-state index < -0.39 is 0 Å². The molecule has 0 fully saturated rings. The fourth-order valence-electron chi connectivity index (χ4n) is 2.66. The second-order valence-corrected chi connectivity index (χ2v) is 7.06. The lowest BCUT2D eigenvalue weighted by molar-refractivity contribution is 1.06. The minimum absolute atomic E-state index is 0.372. The van der Waals surface area contributed by atoms with E-state index >= 15 is 0 Å². The number of halogens is 1. The van der Waals surface area contributed by atoms with Crippen LogP contribution in [0, 0.1) is 18.3 Å². The van der Waals surface area contributed by atoms with E-state index in [4.69, 9.17) is 17.3 Å². The number of hydrogen-bond acceptors (Lipinski definition) is 8. The zero-order chi connectivity index (χ0) is 19.0. The lowest BCUT2D eigenvalue weighted by Crippen LogP contribution is -2.01. The molecule has 3 heterocycles. The molecule has 0 atom stereocenters. The summed E-state index contributed by atoms with van der Waals surface area (Å²) in [5, 5.41) is 13.7. The molecule has 3 N–H and O–H groups in total. The van der Waals surface area contributed by atoms with Crippen molar-refractivity contribution in [1.29, 1.82) is 5.26 Å². The number of fused-ring (bicyclic) bond motifs is 1. The summed E-state index contributed by atoms with van der Waals surface area (Å²) in [7, 11) is 0. The number of pyridine rings is 1. The number of aryl methyl sites for hydroxylation is 1. The van der Waals surface area contributed by atoms with E-state index in [0.29, 0.717) is 44.4 Å². The van der Waals surface area contributed by atoms with Crippen molar-refractivity contribution < 1.29 is 0 Å². The quantitative estimate of drug-likeness (QED) is 0.533. The summed E-state index contributed by atoms with van der Waals surface area (Å²) in [6.07, 6.45) is 1.66. The molecule has 4 aromatic rings. The summed E-state index contributed by atoms with van der Waals surface area (Å²) in [4.78, 5) is 17.4. The minimum Gasteiger partial charge on any atom is -0.384 e. The third kappa shape index (κ3) is 3.26. The van der Waals surface area contributed by atoms with Gasteiger partial charge in [0.25, 0.3) is 0 Å². The van der Waals surface area contributed by atoms with Gasteiger partial charge in [-0.05, 0) is 25.1 Å². The highest BCUT2D eigenvalue weighted by Gasteiger charge is 2.16. The van der Waals surface area contributed by atoms with E-state index in [1.165, 1.54) is 11.3 Å². The standard InChI is InChI=1S/C18H12ClN7S/c1-9-23-13(21)7-14(24-9)26-17-16-12(5-6-22-17)25-18(27-16)15-10(8-20)3-2-4-11(15)19/h2-7H,1H3,(H3,21,22,23,24,26). The summed E-state index contributed by atoms with van der Waals surface area (Å²) in [6.45, 7) is 1.77. The van der Waals surface area contributed by atoms with Crippen LogP contribution in [0.15, 0.2) is 36.5 Å². The van der Waals surface area contributed by atoms with Crippen LogP contribution in [-0.4, -0.2) is 19.9 Å². The maximum absolute atomic E-state index is 9.40. The first kappa shape index (κ1) is 17.1.